The Kier molecular flexibility index (Phi) is 5.99. The van der Waals surface area contributed by atoms with Crippen molar-refractivity contribution in [2.24, 2.45) is 5.14 Å². The van der Waals surface area contributed by atoms with Gasteiger partial charge in [-0.05, 0) is 43.5 Å². The van der Waals surface area contributed by atoms with E-state index in [-0.39, 0.29) is 17.1 Å². The van der Waals surface area contributed by atoms with Crippen molar-refractivity contribution in [2.75, 3.05) is 23.3 Å². The fourth-order valence-corrected chi connectivity index (χ4v) is 3.70. The molecular weight excluding hydrogens is 428 g/mol. The summed E-state index contributed by atoms with van der Waals surface area (Å²) in [7, 11) is -4.26. The average molecular weight is 446 g/mol. The maximum absolute atomic E-state index is 13.8. The zero-order valence-corrected chi connectivity index (χ0v) is 16.4. The Morgan fingerprint density at radius 1 is 1.10 bits per heavy atom. The minimum absolute atomic E-state index is 0.0725. The van der Waals surface area contributed by atoms with Crippen molar-refractivity contribution in [3.05, 3.63) is 47.4 Å². The highest BCUT2D eigenvalue weighted by Gasteiger charge is 2.33. The molecule has 0 unspecified atom stereocenters. The molecule has 0 atom stereocenters. The Hall–Kier alpha value is -2.73. The van der Waals surface area contributed by atoms with Gasteiger partial charge in [-0.25, -0.2) is 22.9 Å². The van der Waals surface area contributed by atoms with Crippen LogP contribution in [0.15, 0.2) is 35.4 Å². The van der Waals surface area contributed by atoms with Crippen molar-refractivity contribution in [2.45, 2.75) is 30.3 Å². The summed E-state index contributed by atoms with van der Waals surface area (Å²) in [6, 6.07) is 3.08. The lowest BCUT2D eigenvalue weighted by Gasteiger charge is -2.29. The third-order valence-corrected chi connectivity index (χ3v) is 5.44. The number of anilines is 2. The second kappa shape index (κ2) is 8.19. The molecule has 3 rings (SSSR count). The Labute approximate surface area is 169 Å². The zero-order valence-electron chi connectivity index (χ0n) is 15.5. The molecule has 2 heterocycles. The molecule has 2 aromatic rings. The molecule has 3 N–H and O–H groups in total. The van der Waals surface area contributed by atoms with Crippen molar-refractivity contribution in [3.8, 4) is 0 Å². The van der Waals surface area contributed by atoms with E-state index in [4.69, 9.17) is 5.14 Å². The average Bonchev–Trinajstić information content (AvgIpc) is 2.66. The number of piperidine rings is 1. The first-order valence-electron chi connectivity index (χ1n) is 8.92. The Morgan fingerprint density at radius 3 is 2.37 bits per heavy atom. The molecule has 7 nitrogen and oxygen atoms in total. The number of halogens is 4. The van der Waals surface area contributed by atoms with E-state index in [1.807, 2.05) is 0 Å². The van der Waals surface area contributed by atoms with Crippen LogP contribution in [0.1, 0.15) is 35.2 Å². The van der Waals surface area contributed by atoms with Crippen LogP contribution in [0.3, 0.4) is 0 Å². The van der Waals surface area contributed by atoms with Gasteiger partial charge in [0.25, 0.3) is 5.91 Å². The van der Waals surface area contributed by atoms with Crippen LogP contribution < -0.4 is 15.4 Å². The molecule has 1 fully saturated rings. The third kappa shape index (κ3) is 5.05. The van der Waals surface area contributed by atoms with Gasteiger partial charge in [-0.2, -0.15) is 13.2 Å². The lowest BCUT2D eigenvalue weighted by atomic mass is 10.1. The molecule has 12 heteroatoms. The van der Waals surface area contributed by atoms with E-state index in [0.29, 0.717) is 31.4 Å². The largest absolute Gasteiger partial charge is 0.417 e. The normalized spacial score (nSPS) is 15.2. The Bertz CT molecular complexity index is 1070. The number of nitrogens with two attached hydrogens (primary N) is 1. The highest BCUT2D eigenvalue weighted by Crippen LogP contribution is 2.32. The number of nitrogens with zero attached hydrogens (tertiary/aromatic N) is 2. The van der Waals surface area contributed by atoms with E-state index in [2.05, 4.69) is 10.3 Å². The Balaban J connectivity index is 2.00. The molecule has 30 heavy (non-hydrogen) atoms. The molecule has 0 aliphatic carbocycles. The van der Waals surface area contributed by atoms with Crippen molar-refractivity contribution in [3.63, 3.8) is 0 Å². The maximum atomic E-state index is 13.8. The molecule has 1 aliphatic heterocycles. The zero-order chi connectivity index (χ0) is 22.1. The molecule has 1 saturated heterocycles. The van der Waals surface area contributed by atoms with Crippen molar-refractivity contribution < 1.29 is 30.8 Å². The van der Waals surface area contributed by atoms with Gasteiger partial charge in [0.1, 0.15) is 11.6 Å². The molecule has 1 aromatic heterocycles. The standard InChI is InChI=1S/C18H18F4N4O3S/c19-12-7-13(9-14(8-12)30(23,28)29)25-17(27)15-6-11(18(20,21)22)10-24-16(15)26-4-2-1-3-5-26/h6-10H,1-5H2,(H,25,27)(H2,23,28,29). The van der Waals surface area contributed by atoms with E-state index in [0.717, 1.165) is 31.4 Å². The van der Waals surface area contributed by atoms with Crippen molar-refractivity contribution in [1.82, 2.24) is 4.98 Å². The number of amides is 1. The number of primary sulfonamides is 1. The highest BCUT2D eigenvalue weighted by atomic mass is 32.2. The van der Waals surface area contributed by atoms with Crippen LogP contribution >= 0.6 is 0 Å². The van der Waals surface area contributed by atoms with Crippen LogP contribution in [0.4, 0.5) is 29.1 Å². The van der Waals surface area contributed by atoms with Gasteiger partial charge < -0.3 is 10.2 Å². The number of pyridine rings is 1. The van der Waals surface area contributed by atoms with Crippen molar-refractivity contribution >= 4 is 27.4 Å². The van der Waals surface area contributed by atoms with E-state index in [9.17, 15) is 30.8 Å². The van der Waals surface area contributed by atoms with Gasteiger partial charge >= 0.3 is 6.18 Å². The molecule has 162 valence electrons. The first-order valence-corrected chi connectivity index (χ1v) is 10.5. The van der Waals surface area contributed by atoms with Gasteiger partial charge in [0.05, 0.1) is 16.0 Å². The summed E-state index contributed by atoms with van der Waals surface area (Å²) < 4.78 is 76.2. The third-order valence-electron chi connectivity index (χ3n) is 4.55. The van der Waals surface area contributed by atoms with Crippen LogP contribution in [-0.4, -0.2) is 32.4 Å². The van der Waals surface area contributed by atoms with Crippen LogP contribution in [0.2, 0.25) is 0 Å². The number of benzene rings is 1. The number of carbonyl (C=O) groups excluding carboxylic acids is 1. The number of carbonyl (C=O) groups is 1. The SMILES string of the molecule is NS(=O)(=O)c1cc(F)cc(NC(=O)c2cc(C(F)(F)F)cnc2N2CCCCC2)c1. The van der Waals surface area contributed by atoms with E-state index < -0.39 is 38.4 Å². The molecular formula is C18H18F4N4O3S. The lowest BCUT2D eigenvalue weighted by molar-refractivity contribution is -0.137. The summed E-state index contributed by atoms with van der Waals surface area (Å²) >= 11 is 0. The Morgan fingerprint density at radius 2 is 1.77 bits per heavy atom. The van der Waals surface area contributed by atoms with Gasteiger partial charge in [-0.3, -0.25) is 4.79 Å². The summed E-state index contributed by atoms with van der Waals surface area (Å²) in [6.45, 7) is 1.04. The summed E-state index contributed by atoms with van der Waals surface area (Å²) in [5.41, 5.74) is -1.74. The number of aromatic nitrogens is 1. The molecule has 1 amide bonds. The summed E-state index contributed by atoms with van der Waals surface area (Å²) in [5, 5.41) is 7.21. The van der Waals surface area contributed by atoms with E-state index in [1.165, 1.54) is 0 Å². The second-order valence-electron chi connectivity index (χ2n) is 6.82. The summed E-state index contributed by atoms with van der Waals surface area (Å²) in [4.78, 5) is 17.8. The number of alkyl halides is 3. The first-order chi connectivity index (χ1) is 13.9. The monoisotopic (exact) mass is 446 g/mol. The van der Waals surface area contributed by atoms with Crippen LogP contribution in [0.25, 0.3) is 0 Å². The first kappa shape index (κ1) is 22.0. The maximum Gasteiger partial charge on any atom is 0.417 e. The van der Waals surface area contributed by atoms with Crippen LogP contribution in [0, 0.1) is 5.82 Å². The lowest BCUT2D eigenvalue weighted by Crippen LogP contribution is -2.32. The smallest absolute Gasteiger partial charge is 0.356 e. The number of hydrogen-bond donors (Lipinski definition) is 2. The molecule has 1 aliphatic rings. The quantitative estimate of drug-likeness (QED) is 0.702. The van der Waals surface area contributed by atoms with Gasteiger partial charge in [-0.15, -0.1) is 0 Å². The predicted molar refractivity (Wildman–Crippen MR) is 101 cm³/mol. The number of sulfonamides is 1. The fraction of sp³-hybridized carbons (Fsp3) is 0.333. The van der Waals surface area contributed by atoms with Crippen LogP contribution in [0.5, 0.6) is 0 Å². The molecule has 1 aromatic carbocycles. The van der Waals surface area contributed by atoms with Gasteiger partial charge in [0.15, 0.2) is 0 Å². The highest BCUT2D eigenvalue weighted by molar-refractivity contribution is 7.89. The number of rotatable bonds is 4. The summed E-state index contributed by atoms with van der Waals surface area (Å²) in [6.07, 6.45) is -1.51. The number of nitrogens with one attached hydrogen (secondary N) is 1. The fourth-order valence-electron chi connectivity index (χ4n) is 3.13. The molecule has 0 bridgehead atoms. The van der Waals surface area contributed by atoms with Crippen molar-refractivity contribution in [1.29, 1.82) is 0 Å². The van der Waals surface area contributed by atoms with Gasteiger partial charge in [0, 0.05) is 25.0 Å². The predicted octanol–water partition coefficient (Wildman–Crippen LogP) is 3.13. The molecule has 0 radical (unpaired) electrons. The van der Waals surface area contributed by atoms with Gasteiger partial charge in [0.2, 0.25) is 10.0 Å². The van der Waals surface area contributed by atoms with E-state index >= 15 is 0 Å². The minimum Gasteiger partial charge on any atom is -0.356 e. The minimum atomic E-state index is -4.72. The molecule has 0 saturated carbocycles. The number of hydrogen-bond acceptors (Lipinski definition) is 5. The summed E-state index contributed by atoms with van der Waals surface area (Å²) in [5.74, 6) is -1.90. The topological polar surface area (TPSA) is 105 Å². The second-order valence-corrected chi connectivity index (χ2v) is 8.38. The molecule has 0 spiro atoms. The van der Waals surface area contributed by atoms with E-state index in [1.54, 1.807) is 4.90 Å². The van der Waals surface area contributed by atoms with Crippen LogP contribution in [-0.2, 0) is 16.2 Å². The van der Waals surface area contributed by atoms with Gasteiger partial charge in [-0.1, -0.05) is 0 Å².